The number of anilines is 1. The van der Waals surface area contributed by atoms with E-state index < -0.39 is 0 Å². The van der Waals surface area contributed by atoms with E-state index in [1.165, 1.54) is 0 Å². The van der Waals surface area contributed by atoms with Crippen LogP contribution in [0.4, 0.5) is 5.82 Å². The van der Waals surface area contributed by atoms with Gasteiger partial charge in [0.1, 0.15) is 12.1 Å². The number of ether oxygens (including phenoxy) is 1. The van der Waals surface area contributed by atoms with Gasteiger partial charge in [0.25, 0.3) is 0 Å². The maximum atomic E-state index is 5.21. The lowest BCUT2D eigenvalue weighted by Crippen LogP contribution is -2.05. The van der Waals surface area contributed by atoms with E-state index in [4.69, 9.17) is 4.74 Å². The third-order valence-electron chi connectivity index (χ3n) is 2.73. The Morgan fingerprint density at radius 1 is 1.26 bits per heavy atom. The zero-order valence-electron chi connectivity index (χ0n) is 11.3. The molecule has 1 N–H and O–H groups in total. The van der Waals surface area contributed by atoms with Gasteiger partial charge in [0, 0.05) is 30.1 Å². The van der Waals surface area contributed by atoms with Crippen LogP contribution in [0.2, 0.25) is 0 Å². The average Bonchev–Trinajstić information content (AvgIpc) is 2.46. The molecule has 0 saturated heterocycles. The summed E-state index contributed by atoms with van der Waals surface area (Å²) in [4.78, 5) is 12.6. The van der Waals surface area contributed by atoms with Gasteiger partial charge in [-0.25, -0.2) is 15.0 Å². The normalized spacial score (nSPS) is 10.2. The molecule has 2 heterocycles. The van der Waals surface area contributed by atoms with Crippen molar-refractivity contribution in [2.24, 2.45) is 0 Å². The molecule has 0 bridgehead atoms. The standard InChI is InChI=1S/C14H18N4O/c1-3-5-12-8-13(18-10-17-12)16-9-11-6-4-7-15-14(11)19-2/h4,6-8,10H,3,5,9H2,1-2H3,(H,16,17,18). The average molecular weight is 258 g/mol. The summed E-state index contributed by atoms with van der Waals surface area (Å²) in [5.74, 6) is 1.46. The molecule has 0 aliphatic rings. The molecule has 0 amide bonds. The summed E-state index contributed by atoms with van der Waals surface area (Å²) in [5.41, 5.74) is 2.05. The maximum Gasteiger partial charge on any atom is 0.218 e. The SMILES string of the molecule is CCCc1cc(NCc2cccnc2OC)ncn1. The van der Waals surface area contributed by atoms with E-state index >= 15 is 0 Å². The Labute approximate surface area is 113 Å². The van der Waals surface area contributed by atoms with Crippen LogP contribution in [-0.2, 0) is 13.0 Å². The van der Waals surface area contributed by atoms with Crippen molar-refractivity contribution in [2.45, 2.75) is 26.3 Å². The summed E-state index contributed by atoms with van der Waals surface area (Å²) in [6.45, 7) is 2.76. The van der Waals surface area contributed by atoms with E-state index in [-0.39, 0.29) is 0 Å². The third-order valence-corrected chi connectivity index (χ3v) is 2.73. The van der Waals surface area contributed by atoms with E-state index in [9.17, 15) is 0 Å². The van der Waals surface area contributed by atoms with E-state index in [1.807, 2.05) is 18.2 Å². The fraction of sp³-hybridized carbons (Fsp3) is 0.357. The molecule has 0 aromatic carbocycles. The summed E-state index contributed by atoms with van der Waals surface area (Å²) in [7, 11) is 1.62. The van der Waals surface area contributed by atoms with Crippen LogP contribution in [0.3, 0.4) is 0 Å². The second-order valence-electron chi connectivity index (χ2n) is 4.17. The molecule has 0 aliphatic heterocycles. The van der Waals surface area contributed by atoms with E-state index in [1.54, 1.807) is 19.6 Å². The molecule has 0 aliphatic carbocycles. The summed E-state index contributed by atoms with van der Waals surface area (Å²) >= 11 is 0. The summed E-state index contributed by atoms with van der Waals surface area (Å²) in [6.07, 6.45) is 5.35. The van der Waals surface area contributed by atoms with Crippen molar-refractivity contribution in [1.29, 1.82) is 0 Å². The van der Waals surface area contributed by atoms with Gasteiger partial charge in [-0.15, -0.1) is 0 Å². The second kappa shape index (κ2) is 6.68. The van der Waals surface area contributed by atoms with Crippen LogP contribution in [0.5, 0.6) is 5.88 Å². The lowest BCUT2D eigenvalue weighted by Gasteiger charge is -2.09. The summed E-state index contributed by atoms with van der Waals surface area (Å²) < 4.78 is 5.21. The van der Waals surface area contributed by atoms with E-state index in [0.29, 0.717) is 12.4 Å². The number of nitrogens with zero attached hydrogens (tertiary/aromatic N) is 3. The van der Waals surface area contributed by atoms with Crippen LogP contribution >= 0.6 is 0 Å². The largest absolute Gasteiger partial charge is 0.481 e. The first-order valence-electron chi connectivity index (χ1n) is 6.36. The first-order chi connectivity index (χ1) is 9.33. The van der Waals surface area contributed by atoms with Gasteiger partial charge in [-0.05, 0) is 12.5 Å². The van der Waals surface area contributed by atoms with Gasteiger partial charge in [-0.1, -0.05) is 19.4 Å². The van der Waals surface area contributed by atoms with Crippen molar-refractivity contribution in [3.05, 3.63) is 42.0 Å². The van der Waals surface area contributed by atoms with Gasteiger partial charge in [-0.3, -0.25) is 0 Å². The van der Waals surface area contributed by atoms with Crippen molar-refractivity contribution in [1.82, 2.24) is 15.0 Å². The van der Waals surface area contributed by atoms with Crippen molar-refractivity contribution in [3.8, 4) is 5.88 Å². The molecule has 2 aromatic rings. The molecular weight excluding hydrogens is 240 g/mol. The molecule has 0 fully saturated rings. The summed E-state index contributed by atoms with van der Waals surface area (Å²) in [6, 6.07) is 5.85. The Balaban J connectivity index is 2.03. The van der Waals surface area contributed by atoms with Crippen LogP contribution in [0, 0.1) is 0 Å². The molecule has 100 valence electrons. The number of hydrogen-bond donors (Lipinski definition) is 1. The molecule has 0 atom stereocenters. The Morgan fingerprint density at radius 2 is 2.16 bits per heavy atom. The van der Waals surface area contributed by atoms with Crippen LogP contribution in [0.15, 0.2) is 30.7 Å². The molecule has 5 nitrogen and oxygen atoms in total. The van der Waals surface area contributed by atoms with E-state index in [0.717, 1.165) is 29.9 Å². The quantitative estimate of drug-likeness (QED) is 0.862. The number of hydrogen-bond acceptors (Lipinski definition) is 5. The Hall–Kier alpha value is -2.17. The number of aryl methyl sites for hydroxylation is 1. The predicted molar refractivity (Wildman–Crippen MR) is 74.1 cm³/mol. The number of rotatable bonds is 6. The van der Waals surface area contributed by atoms with Crippen molar-refractivity contribution < 1.29 is 4.74 Å². The number of methoxy groups -OCH3 is 1. The molecular formula is C14H18N4O. The molecule has 0 radical (unpaired) electrons. The van der Waals surface area contributed by atoms with Gasteiger partial charge >= 0.3 is 0 Å². The maximum absolute atomic E-state index is 5.21. The Bertz CT molecular complexity index is 530. The van der Waals surface area contributed by atoms with Gasteiger partial charge in [0.05, 0.1) is 7.11 Å². The second-order valence-corrected chi connectivity index (χ2v) is 4.17. The van der Waals surface area contributed by atoms with Crippen molar-refractivity contribution in [2.75, 3.05) is 12.4 Å². The first kappa shape index (κ1) is 13.3. The number of nitrogens with one attached hydrogen (secondary N) is 1. The molecule has 0 saturated carbocycles. The van der Waals surface area contributed by atoms with Crippen LogP contribution in [-0.4, -0.2) is 22.1 Å². The van der Waals surface area contributed by atoms with Gasteiger partial charge in [0.2, 0.25) is 5.88 Å². The minimum Gasteiger partial charge on any atom is -0.481 e. The fourth-order valence-corrected chi connectivity index (χ4v) is 1.82. The lowest BCUT2D eigenvalue weighted by molar-refractivity contribution is 0.393. The molecule has 0 spiro atoms. The van der Waals surface area contributed by atoms with Crippen LogP contribution < -0.4 is 10.1 Å². The summed E-state index contributed by atoms with van der Waals surface area (Å²) in [5, 5.41) is 3.26. The van der Waals surface area contributed by atoms with Crippen LogP contribution in [0.1, 0.15) is 24.6 Å². The van der Waals surface area contributed by atoms with Gasteiger partial charge in [-0.2, -0.15) is 0 Å². The zero-order chi connectivity index (χ0) is 13.5. The number of pyridine rings is 1. The molecule has 19 heavy (non-hydrogen) atoms. The Kier molecular flexibility index (Phi) is 4.66. The third kappa shape index (κ3) is 3.64. The highest BCUT2D eigenvalue weighted by Crippen LogP contribution is 2.15. The minimum absolute atomic E-state index is 0.625. The zero-order valence-corrected chi connectivity index (χ0v) is 11.3. The molecule has 5 heteroatoms. The fourth-order valence-electron chi connectivity index (χ4n) is 1.82. The van der Waals surface area contributed by atoms with Crippen LogP contribution in [0.25, 0.3) is 0 Å². The minimum atomic E-state index is 0.625. The lowest BCUT2D eigenvalue weighted by atomic mass is 10.2. The first-order valence-corrected chi connectivity index (χ1v) is 6.36. The van der Waals surface area contributed by atoms with Crippen molar-refractivity contribution >= 4 is 5.82 Å². The van der Waals surface area contributed by atoms with Gasteiger partial charge < -0.3 is 10.1 Å². The highest BCUT2D eigenvalue weighted by atomic mass is 16.5. The molecule has 2 rings (SSSR count). The smallest absolute Gasteiger partial charge is 0.218 e. The topological polar surface area (TPSA) is 59.9 Å². The number of aromatic nitrogens is 3. The predicted octanol–water partition coefficient (Wildman–Crippen LogP) is 2.44. The molecule has 0 unspecified atom stereocenters. The highest BCUT2D eigenvalue weighted by molar-refractivity contribution is 5.37. The molecule has 2 aromatic heterocycles. The monoisotopic (exact) mass is 258 g/mol. The Morgan fingerprint density at radius 3 is 2.95 bits per heavy atom. The van der Waals surface area contributed by atoms with Gasteiger partial charge in [0.15, 0.2) is 0 Å². The van der Waals surface area contributed by atoms with Crippen molar-refractivity contribution in [3.63, 3.8) is 0 Å². The highest BCUT2D eigenvalue weighted by Gasteiger charge is 2.04. The van der Waals surface area contributed by atoms with E-state index in [2.05, 4.69) is 27.2 Å².